The van der Waals surface area contributed by atoms with Crippen molar-refractivity contribution in [2.45, 2.75) is 6.92 Å². The number of aryl methyl sites for hydroxylation is 1. The smallest absolute Gasteiger partial charge is 0.131 e. The molecule has 0 aliphatic rings. The van der Waals surface area contributed by atoms with Gasteiger partial charge in [0.25, 0.3) is 0 Å². The molecule has 0 bridgehead atoms. The van der Waals surface area contributed by atoms with Crippen molar-refractivity contribution in [1.29, 1.82) is 0 Å². The minimum Gasteiger partial charge on any atom is -0.206 e. The Hall–Kier alpha value is -0.900. The van der Waals surface area contributed by atoms with E-state index in [0.29, 0.717) is 5.56 Å². The topological polar surface area (TPSA) is 0 Å². The number of hydrogen-bond acceptors (Lipinski definition) is 0. The summed E-state index contributed by atoms with van der Waals surface area (Å²) in [5.74, 6) is -0.165. The van der Waals surface area contributed by atoms with Gasteiger partial charge >= 0.3 is 0 Å². The second kappa shape index (κ2) is 4.31. The standard InChI is InChI=1S/C13H10FI/c1-9-8-10(15)6-7-11(9)12-4-2-3-5-13(12)14/h2-8H,1H3. The van der Waals surface area contributed by atoms with Gasteiger partial charge < -0.3 is 0 Å². The lowest BCUT2D eigenvalue weighted by atomic mass is 10.0. The third kappa shape index (κ3) is 2.20. The van der Waals surface area contributed by atoms with E-state index in [9.17, 15) is 4.39 Å². The Bertz CT molecular complexity index is 492. The minimum atomic E-state index is -0.165. The number of halogens is 2. The first-order valence-corrected chi connectivity index (χ1v) is 5.77. The van der Waals surface area contributed by atoms with Crippen molar-refractivity contribution in [3.05, 3.63) is 57.4 Å². The summed E-state index contributed by atoms with van der Waals surface area (Å²) >= 11 is 2.26. The van der Waals surface area contributed by atoms with Gasteiger partial charge in [0.2, 0.25) is 0 Å². The van der Waals surface area contributed by atoms with E-state index in [4.69, 9.17) is 0 Å². The summed E-state index contributed by atoms with van der Waals surface area (Å²) in [5.41, 5.74) is 2.74. The van der Waals surface area contributed by atoms with Crippen LogP contribution in [-0.2, 0) is 0 Å². The average molecular weight is 312 g/mol. The van der Waals surface area contributed by atoms with Gasteiger partial charge in [-0.05, 0) is 58.8 Å². The van der Waals surface area contributed by atoms with Crippen LogP contribution >= 0.6 is 22.6 Å². The molecule has 0 unspecified atom stereocenters. The summed E-state index contributed by atoms with van der Waals surface area (Å²) in [6, 6.07) is 12.9. The van der Waals surface area contributed by atoms with Crippen LogP contribution in [0.3, 0.4) is 0 Å². The molecule has 2 heteroatoms. The number of rotatable bonds is 1. The third-order valence-corrected chi connectivity index (χ3v) is 3.02. The van der Waals surface area contributed by atoms with Gasteiger partial charge in [0.1, 0.15) is 5.82 Å². The van der Waals surface area contributed by atoms with Gasteiger partial charge in [-0.15, -0.1) is 0 Å². The van der Waals surface area contributed by atoms with Crippen molar-refractivity contribution in [1.82, 2.24) is 0 Å². The van der Waals surface area contributed by atoms with Crippen LogP contribution < -0.4 is 0 Å². The largest absolute Gasteiger partial charge is 0.206 e. The Labute approximate surface area is 102 Å². The quantitative estimate of drug-likeness (QED) is 0.685. The molecule has 2 aromatic rings. The van der Waals surface area contributed by atoms with Gasteiger partial charge in [-0.25, -0.2) is 4.39 Å². The predicted molar refractivity (Wildman–Crippen MR) is 69.3 cm³/mol. The Balaban J connectivity index is 2.60. The molecule has 2 rings (SSSR count). The second-order valence-corrected chi connectivity index (χ2v) is 4.68. The van der Waals surface area contributed by atoms with Crippen molar-refractivity contribution in [2.24, 2.45) is 0 Å². The first kappa shape index (κ1) is 10.6. The predicted octanol–water partition coefficient (Wildman–Crippen LogP) is 4.41. The molecule has 15 heavy (non-hydrogen) atoms. The summed E-state index contributed by atoms with van der Waals surface area (Å²) in [5, 5.41) is 0. The minimum absolute atomic E-state index is 0.165. The zero-order valence-corrected chi connectivity index (χ0v) is 10.5. The summed E-state index contributed by atoms with van der Waals surface area (Å²) in [6.45, 7) is 2.00. The Morgan fingerprint density at radius 1 is 1.00 bits per heavy atom. The van der Waals surface area contributed by atoms with Gasteiger partial charge in [-0.3, -0.25) is 0 Å². The molecule has 0 aromatic heterocycles. The molecule has 0 nitrogen and oxygen atoms in total. The highest BCUT2D eigenvalue weighted by atomic mass is 127. The van der Waals surface area contributed by atoms with Gasteiger partial charge in [0, 0.05) is 9.13 Å². The molecule has 0 radical (unpaired) electrons. The molecule has 0 aliphatic carbocycles. The molecule has 0 amide bonds. The summed E-state index contributed by atoms with van der Waals surface area (Å²) in [7, 11) is 0. The molecule has 0 aliphatic heterocycles. The van der Waals surface area contributed by atoms with E-state index in [0.717, 1.165) is 11.1 Å². The van der Waals surface area contributed by atoms with E-state index in [-0.39, 0.29) is 5.82 Å². The lowest BCUT2D eigenvalue weighted by molar-refractivity contribution is 0.631. The van der Waals surface area contributed by atoms with E-state index in [2.05, 4.69) is 28.7 Å². The van der Waals surface area contributed by atoms with Crippen LogP contribution in [0.5, 0.6) is 0 Å². The fourth-order valence-electron chi connectivity index (χ4n) is 1.61. The summed E-state index contributed by atoms with van der Waals surface area (Å²) in [4.78, 5) is 0. The third-order valence-electron chi connectivity index (χ3n) is 2.35. The molecule has 76 valence electrons. The molecule has 0 N–H and O–H groups in total. The van der Waals surface area contributed by atoms with Crippen molar-refractivity contribution in [3.63, 3.8) is 0 Å². The van der Waals surface area contributed by atoms with Crippen LogP contribution in [-0.4, -0.2) is 0 Å². The Morgan fingerprint density at radius 2 is 1.73 bits per heavy atom. The first-order valence-electron chi connectivity index (χ1n) is 4.69. The first-order chi connectivity index (χ1) is 7.18. The molecule has 0 saturated heterocycles. The van der Waals surface area contributed by atoms with Crippen LogP contribution in [0.1, 0.15) is 5.56 Å². The highest BCUT2D eigenvalue weighted by molar-refractivity contribution is 14.1. The highest BCUT2D eigenvalue weighted by Crippen LogP contribution is 2.26. The normalized spacial score (nSPS) is 10.3. The van der Waals surface area contributed by atoms with Gasteiger partial charge in [0.15, 0.2) is 0 Å². The van der Waals surface area contributed by atoms with Crippen LogP contribution in [0.4, 0.5) is 4.39 Å². The van der Waals surface area contributed by atoms with Gasteiger partial charge in [-0.2, -0.15) is 0 Å². The molecular weight excluding hydrogens is 302 g/mol. The SMILES string of the molecule is Cc1cc(I)ccc1-c1ccccc1F. The van der Waals surface area contributed by atoms with Crippen molar-refractivity contribution in [2.75, 3.05) is 0 Å². The Kier molecular flexibility index (Phi) is 3.05. The zero-order valence-electron chi connectivity index (χ0n) is 8.30. The van der Waals surface area contributed by atoms with Crippen molar-refractivity contribution in [3.8, 4) is 11.1 Å². The molecule has 2 aromatic carbocycles. The zero-order chi connectivity index (χ0) is 10.8. The maximum atomic E-state index is 13.6. The molecular formula is C13H10FI. The monoisotopic (exact) mass is 312 g/mol. The number of benzene rings is 2. The maximum absolute atomic E-state index is 13.6. The fraction of sp³-hybridized carbons (Fsp3) is 0.0769. The fourth-order valence-corrected chi connectivity index (χ4v) is 2.26. The van der Waals surface area contributed by atoms with E-state index in [1.807, 2.05) is 31.2 Å². The van der Waals surface area contributed by atoms with Crippen LogP contribution in [0.25, 0.3) is 11.1 Å². The van der Waals surface area contributed by atoms with Gasteiger partial charge in [0.05, 0.1) is 0 Å². The summed E-state index contributed by atoms with van der Waals surface area (Å²) < 4.78 is 14.7. The lowest BCUT2D eigenvalue weighted by Crippen LogP contribution is -1.87. The highest BCUT2D eigenvalue weighted by Gasteiger charge is 2.06. The van der Waals surface area contributed by atoms with Gasteiger partial charge in [-0.1, -0.05) is 24.3 Å². The number of hydrogen-bond donors (Lipinski definition) is 0. The molecule has 0 atom stereocenters. The summed E-state index contributed by atoms with van der Waals surface area (Å²) in [6.07, 6.45) is 0. The second-order valence-electron chi connectivity index (χ2n) is 3.44. The van der Waals surface area contributed by atoms with Crippen molar-refractivity contribution < 1.29 is 4.39 Å². The van der Waals surface area contributed by atoms with Crippen LogP contribution in [0, 0.1) is 16.3 Å². The Morgan fingerprint density at radius 3 is 2.40 bits per heavy atom. The van der Waals surface area contributed by atoms with E-state index >= 15 is 0 Å². The van der Waals surface area contributed by atoms with E-state index in [1.54, 1.807) is 6.07 Å². The van der Waals surface area contributed by atoms with E-state index in [1.165, 1.54) is 9.64 Å². The lowest BCUT2D eigenvalue weighted by Gasteiger charge is -2.07. The van der Waals surface area contributed by atoms with Crippen LogP contribution in [0.2, 0.25) is 0 Å². The van der Waals surface area contributed by atoms with E-state index < -0.39 is 0 Å². The molecule has 0 fully saturated rings. The maximum Gasteiger partial charge on any atom is 0.131 e. The average Bonchev–Trinajstić information content (AvgIpc) is 2.20. The molecule has 0 saturated carbocycles. The molecule has 0 spiro atoms. The van der Waals surface area contributed by atoms with Crippen LogP contribution in [0.15, 0.2) is 42.5 Å². The molecule has 0 heterocycles. The van der Waals surface area contributed by atoms with Crippen molar-refractivity contribution >= 4 is 22.6 Å².